The summed E-state index contributed by atoms with van der Waals surface area (Å²) in [4.78, 5) is 27.1. The van der Waals surface area contributed by atoms with Crippen LogP contribution >= 0.6 is 11.6 Å². The van der Waals surface area contributed by atoms with Crippen LogP contribution in [0, 0.1) is 0 Å². The Bertz CT molecular complexity index is 968. The fourth-order valence-corrected chi connectivity index (χ4v) is 3.67. The normalized spacial score (nSPS) is 13.5. The third-order valence-corrected chi connectivity index (χ3v) is 5.22. The predicted octanol–water partition coefficient (Wildman–Crippen LogP) is 5.03. The summed E-state index contributed by atoms with van der Waals surface area (Å²) in [6.07, 6.45) is 5.91. The number of halogens is 1. The van der Waals surface area contributed by atoms with Crippen LogP contribution in [0.15, 0.2) is 42.5 Å². The molecule has 2 aromatic carbocycles. The summed E-state index contributed by atoms with van der Waals surface area (Å²) in [6.45, 7) is 4.04. The van der Waals surface area contributed by atoms with Gasteiger partial charge in [0.15, 0.2) is 11.5 Å². The maximum atomic E-state index is 12.8. The summed E-state index contributed by atoms with van der Waals surface area (Å²) in [5.41, 5.74) is 1.68. The molecule has 1 saturated heterocycles. The molecule has 31 heavy (non-hydrogen) atoms. The van der Waals surface area contributed by atoms with E-state index in [-0.39, 0.29) is 11.8 Å². The van der Waals surface area contributed by atoms with Crippen LogP contribution < -0.4 is 14.8 Å². The molecule has 164 valence electrons. The molecule has 0 bridgehead atoms. The zero-order valence-corrected chi connectivity index (χ0v) is 18.6. The first-order valence-electron chi connectivity index (χ1n) is 10.4. The van der Waals surface area contributed by atoms with Crippen molar-refractivity contribution < 1.29 is 19.1 Å². The number of carbonyl (C=O) groups is 2. The molecule has 7 heteroatoms. The van der Waals surface area contributed by atoms with E-state index in [2.05, 4.69) is 5.32 Å². The third-order valence-electron chi connectivity index (χ3n) is 4.94. The highest BCUT2D eigenvalue weighted by molar-refractivity contribution is 6.32. The highest BCUT2D eigenvalue weighted by Crippen LogP contribution is 2.36. The molecule has 0 unspecified atom stereocenters. The summed E-state index contributed by atoms with van der Waals surface area (Å²) in [5.74, 6) is 0.587. The summed E-state index contributed by atoms with van der Waals surface area (Å²) >= 11 is 6.33. The molecule has 0 aliphatic carbocycles. The number of anilines is 1. The first-order chi connectivity index (χ1) is 15.0. The van der Waals surface area contributed by atoms with Crippen molar-refractivity contribution in [3.8, 4) is 11.5 Å². The van der Waals surface area contributed by atoms with Gasteiger partial charge in [0.25, 0.3) is 5.91 Å². The smallest absolute Gasteiger partial charge is 0.255 e. The summed E-state index contributed by atoms with van der Waals surface area (Å²) in [6, 6.07) is 10.5. The summed E-state index contributed by atoms with van der Waals surface area (Å²) < 4.78 is 11.0. The number of benzene rings is 2. The Balaban J connectivity index is 1.73. The van der Waals surface area contributed by atoms with Gasteiger partial charge in [0.2, 0.25) is 5.91 Å². The van der Waals surface area contributed by atoms with Gasteiger partial charge in [0.05, 0.1) is 30.0 Å². The van der Waals surface area contributed by atoms with E-state index in [1.54, 1.807) is 49.6 Å². The summed E-state index contributed by atoms with van der Waals surface area (Å²) in [5, 5.41) is 3.22. The second kappa shape index (κ2) is 10.9. The first-order valence-corrected chi connectivity index (χ1v) is 10.8. The van der Waals surface area contributed by atoms with E-state index in [0.29, 0.717) is 39.9 Å². The molecular weight excluding hydrogens is 416 g/mol. The number of nitrogens with zero attached hydrogens (tertiary/aromatic N) is 1. The Kier molecular flexibility index (Phi) is 7.95. The van der Waals surface area contributed by atoms with Crippen molar-refractivity contribution in [2.75, 3.05) is 32.1 Å². The quantitative estimate of drug-likeness (QED) is 0.582. The topological polar surface area (TPSA) is 67.9 Å². The molecule has 1 aliphatic rings. The predicted molar refractivity (Wildman–Crippen MR) is 123 cm³/mol. The number of ether oxygens (including phenoxy) is 2. The molecule has 2 amide bonds. The van der Waals surface area contributed by atoms with Gasteiger partial charge in [-0.2, -0.15) is 0 Å². The van der Waals surface area contributed by atoms with Gasteiger partial charge < -0.3 is 19.7 Å². The standard InChI is InChI=1S/C24H27ClN2O4/c1-3-14-31-23-19(25)15-17(16-21(23)30-2)10-11-22(28)26-20-9-5-4-8-18(20)24(29)27-12-6-7-13-27/h4-5,8-11,15-16H,3,6-7,12-14H2,1-2H3,(H,26,28)/b11-10+. The van der Waals surface area contributed by atoms with Gasteiger partial charge in [0.1, 0.15) is 0 Å². The Morgan fingerprint density at radius 1 is 1.19 bits per heavy atom. The lowest BCUT2D eigenvalue weighted by Gasteiger charge is -2.17. The average molecular weight is 443 g/mol. The molecule has 1 aliphatic heterocycles. The minimum Gasteiger partial charge on any atom is -0.493 e. The van der Waals surface area contributed by atoms with Crippen LogP contribution in [0.2, 0.25) is 5.02 Å². The minimum absolute atomic E-state index is 0.0587. The fourth-order valence-electron chi connectivity index (χ4n) is 3.40. The SMILES string of the molecule is CCCOc1c(Cl)cc(/C=C/C(=O)Nc2ccccc2C(=O)N2CCCC2)cc1OC. The van der Waals surface area contributed by atoms with Gasteiger partial charge in [-0.25, -0.2) is 0 Å². The van der Waals surface area contributed by atoms with E-state index in [0.717, 1.165) is 32.4 Å². The molecule has 1 heterocycles. The maximum absolute atomic E-state index is 12.8. The first kappa shape index (κ1) is 22.7. The van der Waals surface area contributed by atoms with Gasteiger partial charge in [-0.1, -0.05) is 30.7 Å². The van der Waals surface area contributed by atoms with Crippen LogP contribution in [0.25, 0.3) is 6.08 Å². The zero-order chi connectivity index (χ0) is 22.2. The average Bonchev–Trinajstić information content (AvgIpc) is 3.31. The van der Waals surface area contributed by atoms with E-state index in [9.17, 15) is 9.59 Å². The molecule has 3 rings (SSSR count). The molecule has 2 aromatic rings. The van der Waals surface area contributed by atoms with Crippen molar-refractivity contribution in [2.45, 2.75) is 26.2 Å². The van der Waals surface area contributed by atoms with Crippen LogP contribution in [-0.4, -0.2) is 43.5 Å². The third kappa shape index (κ3) is 5.79. The highest BCUT2D eigenvalue weighted by Gasteiger charge is 2.22. The zero-order valence-electron chi connectivity index (χ0n) is 17.8. The number of likely N-dealkylation sites (tertiary alicyclic amines) is 1. The number of rotatable bonds is 8. The lowest BCUT2D eigenvalue weighted by Crippen LogP contribution is -2.28. The van der Waals surface area contributed by atoms with E-state index in [1.807, 2.05) is 11.8 Å². The van der Waals surface area contributed by atoms with Crippen molar-refractivity contribution in [3.05, 3.63) is 58.6 Å². The Morgan fingerprint density at radius 3 is 2.65 bits per heavy atom. The van der Waals surface area contributed by atoms with E-state index in [4.69, 9.17) is 21.1 Å². The lowest BCUT2D eigenvalue weighted by molar-refractivity contribution is -0.111. The molecule has 0 atom stereocenters. The lowest BCUT2D eigenvalue weighted by atomic mass is 10.1. The molecule has 6 nitrogen and oxygen atoms in total. The van der Waals surface area contributed by atoms with Crippen LogP contribution in [0.3, 0.4) is 0 Å². The number of hydrogen-bond acceptors (Lipinski definition) is 4. The van der Waals surface area contributed by atoms with Crippen molar-refractivity contribution in [1.82, 2.24) is 4.90 Å². The maximum Gasteiger partial charge on any atom is 0.255 e. The summed E-state index contributed by atoms with van der Waals surface area (Å²) in [7, 11) is 1.54. The van der Waals surface area contributed by atoms with Gasteiger partial charge in [-0.05, 0) is 55.2 Å². The van der Waals surface area contributed by atoms with Gasteiger partial charge in [0, 0.05) is 19.2 Å². The molecule has 0 radical (unpaired) electrons. The number of methoxy groups -OCH3 is 1. The number of carbonyl (C=O) groups excluding carboxylic acids is 2. The number of nitrogens with one attached hydrogen (secondary N) is 1. The Hall–Kier alpha value is -2.99. The van der Waals surface area contributed by atoms with E-state index >= 15 is 0 Å². The van der Waals surface area contributed by atoms with Crippen LogP contribution in [0.4, 0.5) is 5.69 Å². The fraction of sp³-hybridized carbons (Fsp3) is 0.333. The highest BCUT2D eigenvalue weighted by atomic mass is 35.5. The van der Waals surface area contributed by atoms with E-state index < -0.39 is 0 Å². The number of amides is 2. The molecule has 0 saturated carbocycles. The van der Waals surface area contributed by atoms with Crippen LogP contribution in [-0.2, 0) is 4.79 Å². The molecule has 0 aromatic heterocycles. The van der Waals surface area contributed by atoms with Crippen LogP contribution in [0.5, 0.6) is 11.5 Å². The van der Waals surface area contributed by atoms with Crippen molar-refractivity contribution in [3.63, 3.8) is 0 Å². The number of hydrogen-bond donors (Lipinski definition) is 1. The Morgan fingerprint density at radius 2 is 1.94 bits per heavy atom. The van der Waals surface area contributed by atoms with E-state index in [1.165, 1.54) is 6.08 Å². The van der Waals surface area contributed by atoms with Crippen molar-refractivity contribution >= 4 is 35.2 Å². The molecule has 1 fully saturated rings. The molecular formula is C24H27ClN2O4. The molecule has 0 spiro atoms. The second-order valence-corrected chi connectivity index (χ2v) is 7.66. The Labute approximate surface area is 187 Å². The monoisotopic (exact) mass is 442 g/mol. The van der Waals surface area contributed by atoms with Crippen molar-refractivity contribution in [2.24, 2.45) is 0 Å². The second-order valence-electron chi connectivity index (χ2n) is 7.25. The van der Waals surface area contributed by atoms with Gasteiger partial charge >= 0.3 is 0 Å². The minimum atomic E-state index is -0.344. The van der Waals surface area contributed by atoms with Crippen molar-refractivity contribution in [1.29, 1.82) is 0 Å². The van der Waals surface area contributed by atoms with Crippen LogP contribution in [0.1, 0.15) is 42.1 Å². The van der Waals surface area contributed by atoms with Gasteiger partial charge in [-0.3, -0.25) is 9.59 Å². The van der Waals surface area contributed by atoms with Gasteiger partial charge in [-0.15, -0.1) is 0 Å². The molecule has 1 N–H and O–H groups in total. The number of para-hydroxylation sites is 1. The largest absolute Gasteiger partial charge is 0.493 e.